The van der Waals surface area contributed by atoms with Crippen LogP contribution in [0.5, 0.6) is 0 Å². The molecule has 2 aliphatic rings. The Morgan fingerprint density at radius 1 is 1.23 bits per heavy atom. The smallest absolute Gasteiger partial charge is 0.164 e. The van der Waals surface area contributed by atoms with Crippen molar-refractivity contribution < 1.29 is 14.2 Å². The van der Waals surface area contributed by atoms with Crippen molar-refractivity contribution in [2.24, 2.45) is 0 Å². The third-order valence-electron chi connectivity index (χ3n) is 2.55. The Kier molecular flexibility index (Phi) is 1.98. The van der Waals surface area contributed by atoms with E-state index in [0.29, 0.717) is 0 Å². The van der Waals surface area contributed by atoms with Crippen LogP contribution in [0.2, 0.25) is 0 Å². The van der Waals surface area contributed by atoms with Crippen LogP contribution in [0.4, 0.5) is 0 Å². The highest BCUT2D eigenvalue weighted by Crippen LogP contribution is 2.38. The van der Waals surface area contributed by atoms with E-state index in [1.54, 1.807) is 6.08 Å². The second-order valence-corrected chi connectivity index (χ2v) is 4.11. The van der Waals surface area contributed by atoms with E-state index < -0.39 is 5.79 Å². The van der Waals surface area contributed by atoms with Crippen LogP contribution < -0.4 is 0 Å². The SMILES string of the molecule is C=C[C@H]1O[C@@H](C)[C@@H]2OC(C)(C)O[C@@H]21. The first-order chi connectivity index (χ1) is 6.03. The molecule has 2 rings (SSSR count). The lowest BCUT2D eigenvalue weighted by atomic mass is 10.1. The van der Waals surface area contributed by atoms with E-state index >= 15 is 0 Å². The van der Waals surface area contributed by atoms with E-state index in [-0.39, 0.29) is 24.4 Å². The van der Waals surface area contributed by atoms with Gasteiger partial charge in [-0.05, 0) is 20.8 Å². The largest absolute Gasteiger partial charge is 0.366 e. The average molecular weight is 184 g/mol. The van der Waals surface area contributed by atoms with Crippen molar-refractivity contribution in [1.82, 2.24) is 0 Å². The van der Waals surface area contributed by atoms with Gasteiger partial charge in [0.1, 0.15) is 18.3 Å². The molecular formula is C10H16O3. The quantitative estimate of drug-likeness (QED) is 0.578. The van der Waals surface area contributed by atoms with E-state index in [9.17, 15) is 0 Å². The minimum absolute atomic E-state index is 0.0162. The summed E-state index contributed by atoms with van der Waals surface area (Å²) in [6, 6.07) is 0. The van der Waals surface area contributed by atoms with Gasteiger partial charge >= 0.3 is 0 Å². The van der Waals surface area contributed by atoms with Crippen LogP contribution in [0, 0.1) is 0 Å². The maximum atomic E-state index is 5.73. The summed E-state index contributed by atoms with van der Waals surface area (Å²) in [6.07, 6.45) is 1.92. The lowest BCUT2D eigenvalue weighted by molar-refractivity contribution is -0.180. The molecule has 0 amide bonds. The van der Waals surface area contributed by atoms with Crippen LogP contribution in [-0.2, 0) is 14.2 Å². The highest BCUT2D eigenvalue weighted by Gasteiger charge is 2.52. The van der Waals surface area contributed by atoms with Crippen molar-refractivity contribution in [3.8, 4) is 0 Å². The lowest BCUT2D eigenvalue weighted by Crippen LogP contribution is -2.27. The van der Waals surface area contributed by atoms with Crippen LogP contribution in [0.3, 0.4) is 0 Å². The summed E-state index contributed by atoms with van der Waals surface area (Å²) in [4.78, 5) is 0. The molecule has 2 fully saturated rings. The number of hydrogen-bond acceptors (Lipinski definition) is 3. The molecule has 0 aromatic carbocycles. The van der Waals surface area contributed by atoms with E-state index in [4.69, 9.17) is 14.2 Å². The molecule has 2 aliphatic heterocycles. The molecule has 0 aliphatic carbocycles. The number of ether oxygens (including phenoxy) is 3. The van der Waals surface area contributed by atoms with E-state index in [0.717, 1.165) is 0 Å². The molecule has 2 saturated heterocycles. The van der Waals surface area contributed by atoms with Crippen molar-refractivity contribution in [3.63, 3.8) is 0 Å². The highest BCUT2D eigenvalue weighted by molar-refractivity contribution is 5.02. The predicted octanol–water partition coefficient (Wildman–Crippen LogP) is 1.48. The molecule has 2 heterocycles. The fourth-order valence-corrected chi connectivity index (χ4v) is 2.03. The molecule has 0 radical (unpaired) electrons. The Hall–Kier alpha value is -0.380. The first-order valence-corrected chi connectivity index (χ1v) is 4.67. The van der Waals surface area contributed by atoms with Crippen LogP contribution in [0.25, 0.3) is 0 Å². The van der Waals surface area contributed by atoms with Gasteiger partial charge < -0.3 is 14.2 Å². The lowest BCUT2D eigenvalue weighted by Gasteiger charge is -2.21. The monoisotopic (exact) mass is 184 g/mol. The summed E-state index contributed by atoms with van der Waals surface area (Å²) in [5.74, 6) is -0.478. The Labute approximate surface area is 78.7 Å². The standard InChI is InChI=1S/C10H16O3/c1-5-7-9-8(6(2)11-7)12-10(3,4)13-9/h5-9H,1H2,2-4H3/t6-,7+,8-,9+/m0/s1. The van der Waals surface area contributed by atoms with Crippen molar-refractivity contribution in [1.29, 1.82) is 0 Å². The maximum Gasteiger partial charge on any atom is 0.164 e. The minimum atomic E-state index is -0.478. The Morgan fingerprint density at radius 3 is 2.46 bits per heavy atom. The molecule has 3 nitrogen and oxygen atoms in total. The molecule has 13 heavy (non-hydrogen) atoms. The van der Waals surface area contributed by atoms with Crippen molar-refractivity contribution >= 4 is 0 Å². The predicted molar refractivity (Wildman–Crippen MR) is 48.4 cm³/mol. The molecular weight excluding hydrogens is 168 g/mol. The van der Waals surface area contributed by atoms with Gasteiger partial charge in [-0.25, -0.2) is 0 Å². The first kappa shape index (κ1) is 9.19. The molecule has 0 aromatic heterocycles. The molecule has 0 saturated carbocycles. The fraction of sp³-hybridized carbons (Fsp3) is 0.800. The second-order valence-electron chi connectivity index (χ2n) is 4.11. The van der Waals surface area contributed by atoms with Gasteiger partial charge in [0, 0.05) is 0 Å². The number of rotatable bonds is 1. The molecule has 0 bridgehead atoms. The number of hydrogen-bond donors (Lipinski definition) is 0. The minimum Gasteiger partial charge on any atom is -0.366 e. The molecule has 0 spiro atoms. The van der Waals surface area contributed by atoms with Gasteiger partial charge in [0.15, 0.2) is 5.79 Å². The van der Waals surface area contributed by atoms with E-state index in [1.807, 2.05) is 20.8 Å². The first-order valence-electron chi connectivity index (χ1n) is 4.67. The molecule has 3 heteroatoms. The Bertz CT molecular complexity index is 224. The Morgan fingerprint density at radius 2 is 1.85 bits per heavy atom. The zero-order chi connectivity index (χ0) is 9.64. The van der Waals surface area contributed by atoms with Gasteiger partial charge in [0.05, 0.1) is 6.10 Å². The highest BCUT2D eigenvalue weighted by atomic mass is 16.8. The summed E-state index contributed by atoms with van der Waals surface area (Å²) in [5, 5.41) is 0. The molecule has 0 aromatic rings. The van der Waals surface area contributed by atoms with Gasteiger partial charge in [-0.3, -0.25) is 0 Å². The average Bonchev–Trinajstić information content (AvgIpc) is 2.47. The molecule has 74 valence electrons. The second kappa shape index (κ2) is 2.80. The third-order valence-corrected chi connectivity index (χ3v) is 2.55. The summed E-state index contributed by atoms with van der Waals surface area (Å²) < 4.78 is 17.1. The van der Waals surface area contributed by atoms with Gasteiger partial charge in [-0.2, -0.15) is 0 Å². The van der Waals surface area contributed by atoms with Crippen molar-refractivity contribution in [2.75, 3.05) is 0 Å². The van der Waals surface area contributed by atoms with Gasteiger partial charge in [0.2, 0.25) is 0 Å². The fourth-order valence-electron chi connectivity index (χ4n) is 2.03. The summed E-state index contributed by atoms with van der Waals surface area (Å²) in [7, 11) is 0. The van der Waals surface area contributed by atoms with Crippen LogP contribution >= 0.6 is 0 Å². The van der Waals surface area contributed by atoms with Gasteiger partial charge in [-0.1, -0.05) is 6.08 Å². The maximum absolute atomic E-state index is 5.73. The molecule has 0 unspecified atom stereocenters. The molecule has 4 atom stereocenters. The summed E-state index contributed by atoms with van der Waals surface area (Å²) in [5.41, 5.74) is 0. The summed E-state index contributed by atoms with van der Waals surface area (Å²) in [6.45, 7) is 9.59. The topological polar surface area (TPSA) is 27.7 Å². The van der Waals surface area contributed by atoms with E-state index in [1.165, 1.54) is 0 Å². The zero-order valence-electron chi connectivity index (χ0n) is 8.32. The third kappa shape index (κ3) is 1.41. The van der Waals surface area contributed by atoms with Crippen LogP contribution in [0.1, 0.15) is 20.8 Å². The number of fused-ring (bicyclic) bond motifs is 1. The molecule has 0 N–H and O–H groups in total. The van der Waals surface area contributed by atoms with Crippen LogP contribution in [0.15, 0.2) is 12.7 Å². The van der Waals surface area contributed by atoms with Crippen LogP contribution in [-0.4, -0.2) is 30.2 Å². The van der Waals surface area contributed by atoms with Gasteiger partial charge in [-0.15, -0.1) is 6.58 Å². The van der Waals surface area contributed by atoms with Crippen molar-refractivity contribution in [2.45, 2.75) is 51.0 Å². The Balaban J connectivity index is 2.17. The van der Waals surface area contributed by atoms with Gasteiger partial charge in [0.25, 0.3) is 0 Å². The van der Waals surface area contributed by atoms with Crippen molar-refractivity contribution in [3.05, 3.63) is 12.7 Å². The van der Waals surface area contributed by atoms with E-state index in [2.05, 4.69) is 6.58 Å². The summed E-state index contributed by atoms with van der Waals surface area (Å²) >= 11 is 0. The zero-order valence-corrected chi connectivity index (χ0v) is 8.32. The normalized spacial score (nSPS) is 47.6.